The molecule has 2 atom stereocenters. The highest BCUT2D eigenvalue weighted by atomic mass is 32.2. The third kappa shape index (κ3) is 6.28. The van der Waals surface area contributed by atoms with E-state index in [1.165, 1.54) is 28.5 Å². The second kappa shape index (κ2) is 11.3. The number of benzene rings is 3. The van der Waals surface area contributed by atoms with Crippen molar-refractivity contribution in [2.24, 2.45) is 0 Å². The molecule has 1 unspecified atom stereocenters. The predicted molar refractivity (Wildman–Crippen MR) is 155 cm³/mol. The summed E-state index contributed by atoms with van der Waals surface area (Å²) in [6.45, 7) is 4.55. The van der Waals surface area contributed by atoms with Crippen LogP contribution in [-0.2, 0) is 21.1 Å². The van der Waals surface area contributed by atoms with Crippen molar-refractivity contribution in [2.75, 3.05) is 24.4 Å². The van der Waals surface area contributed by atoms with Gasteiger partial charge in [-0.25, -0.2) is 8.42 Å². The third-order valence-electron chi connectivity index (χ3n) is 7.48. The standard InChI is InChI=1S/C31H34O6S2/c1-19-14-23(36-12-5-13-39(3,34)35)15-20(2)31(19)27-7-4-6-26-25(27)10-11-28(26)37-22-8-9-24-21(16-30(32)33)18-38-29(24)17-22/h4,6-9,14-15,17,21,28H,5,10-13,16,18H2,1-3H3,(H,32,33)/t21?,28-/m0/s1. The second-order valence-electron chi connectivity index (χ2n) is 10.6. The van der Waals surface area contributed by atoms with Gasteiger partial charge < -0.3 is 14.6 Å². The van der Waals surface area contributed by atoms with E-state index < -0.39 is 15.8 Å². The van der Waals surface area contributed by atoms with Gasteiger partial charge in [-0.3, -0.25) is 4.79 Å². The van der Waals surface area contributed by atoms with Crippen molar-refractivity contribution in [2.45, 2.75) is 56.4 Å². The summed E-state index contributed by atoms with van der Waals surface area (Å²) in [6, 6.07) is 16.6. The molecule has 1 heterocycles. The Bertz CT molecular complexity index is 1490. The fourth-order valence-electron chi connectivity index (χ4n) is 5.79. The summed E-state index contributed by atoms with van der Waals surface area (Å²) in [5.74, 6) is 1.80. The van der Waals surface area contributed by atoms with E-state index in [1.54, 1.807) is 11.8 Å². The Morgan fingerprint density at radius 3 is 2.54 bits per heavy atom. The number of sulfone groups is 1. The van der Waals surface area contributed by atoms with E-state index in [4.69, 9.17) is 9.47 Å². The van der Waals surface area contributed by atoms with Crippen LogP contribution < -0.4 is 9.47 Å². The summed E-state index contributed by atoms with van der Waals surface area (Å²) < 4.78 is 35.1. The fourth-order valence-corrected chi connectivity index (χ4v) is 7.71. The Balaban J connectivity index is 1.33. The highest BCUT2D eigenvalue weighted by Crippen LogP contribution is 2.45. The number of ether oxygens (including phenoxy) is 2. The molecule has 8 heteroatoms. The Morgan fingerprint density at radius 1 is 1.05 bits per heavy atom. The minimum atomic E-state index is -2.99. The van der Waals surface area contributed by atoms with Gasteiger partial charge in [0, 0.05) is 22.8 Å². The van der Waals surface area contributed by atoms with Crippen LogP contribution in [0.1, 0.15) is 59.1 Å². The zero-order chi connectivity index (χ0) is 27.7. The number of carbonyl (C=O) groups is 1. The number of thioether (sulfide) groups is 1. The Morgan fingerprint density at radius 2 is 1.82 bits per heavy atom. The highest BCUT2D eigenvalue weighted by Gasteiger charge is 2.29. The van der Waals surface area contributed by atoms with Gasteiger partial charge in [-0.1, -0.05) is 24.3 Å². The lowest BCUT2D eigenvalue weighted by atomic mass is 9.90. The van der Waals surface area contributed by atoms with Gasteiger partial charge in [-0.15, -0.1) is 11.8 Å². The molecule has 0 bridgehead atoms. The van der Waals surface area contributed by atoms with E-state index in [-0.39, 0.29) is 24.2 Å². The summed E-state index contributed by atoms with van der Waals surface area (Å²) in [5, 5.41) is 9.20. The number of carboxylic acids is 1. The summed E-state index contributed by atoms with van der Waals surface area (Å²) in [7, 11) is -2.99. The molecule has 0 fully saturated rings. The Kier molecular flexibility index (Phi) is 7.96. The number of aryl methyl sites for hydroxylation is 2. The molecule has 1 aliphatic carbocycles. The van der Waals surface area contributed by atoms with Crippen LogP contribution in [0.3, 0.4) is 0 Å². The first-order valence-electron chi connectivity index (χ1n) is 13.3. The monoisotopic (exact) mass is 566 g/mol. The molecule has 0 spiro atoms. The zero-order valence-electron chi connectivity index (χ0n) is 22.5. The summed E-state index contributed by atoms with van der Waals surface area (Å²) in [6.07, 6.45) is 3.68. The number of rotatable bonds is 10. The van der Waals surface area contributed by atoms with Crippen molar-refractivity contribution >= 4 is 27.6 Å². The van der Waals surface area contributed by atoms with Gasteiger partial charge in [0.05, 0.1) is 18.8 Å². The molecule has 0 saturated carbocycles. The van der Waals surface area contributed by atoms with Crippen LogP contribution in [0.2, 0.25) is 0 Å². The molecule has 3 aromatic carbocycles. The number of carboxylic acid groups (broad SMARTS) is 1. The molecule has 1 N–H and O–H groups in total. The van der Waals surface area contributed by atoms with E-state index >= 15 is 0 Å². The van der Waals surface area contributed by atoms with E-state index in [0.717, 1.165) is 51.7 Å². The maximum absolute atomic E-state index is 11.4. The maximum Gasteiger partial charge on any atom is 0.303 e. The topological polar surface area (TPSA) is 89.9 Å². The van der Waals surface area contributed by atoms with Gasteiger partial charge in [-0.2, -0.15) is 0 Å². The molecule has 3 aromatic rings. The molecule has 0 radical (unpaired) electrons. The van der Waals surface area contributed by atoms with Crippen molar-refractivity contribution < 1.29 is 27.8 Å². The van der Waals surface area contributed by atoms with Crippen molar-refractivity contribution in [1.29, 1.82) is 0 Å². The van der Waals surface area contributed by atoms with E-state index in [0.29, 0.717) is 13.0 Å². The average Bonchev–Trinajstić information content (AvgIpc) is 3.45. The van der Waals surface area contributed by atoms with Crippen molar-refractivity contribution in [3.8, 4) is 22.6 Å². The molecule has 6 nitrogen and oxygen atoms in total. The van der Waals surface area contributed by atoms with Gasteiger partial charge in [0.1, 0.15) is 27.4 Å². The number of fused-ring (bicyclic) bond motifs is 2. The molecule has 0 saturated heterocycles. The molecule has 0 amide bonds. The minimum Gasteiger partial charge on any atom is -0.494 e. The fraction of sp³-hybridized carbons (Fsp3) is 0.387. The number of hydrogen-bond donors (Lipinski definition) is 1. The van der Waals surface area contributed by atoms with Crippen LogP contribution in [0.4, 0.5) is 0 Å². The van der Waals surface area contributed by atoms with Crippen LogP contribution in [0, 0.1) is 13.8 Å². The smallest absolute Gasteiger partial charge is 0.303 e. The van der Waals surface area contributed by atoms with Gasteiger partial charge in [0.2, 0.25) is 0 Å². The Labute approximate surface area is 234 Å². The van der Waals surface area contributed by atoms with Crippen LogP contribution in [-0.4, -0.2) is 43.9 Å². The average molecular weight is 567 g/mol. The molecular formula is C31H34O6S2. The first kappa shape index (κ1) is 27.6. The first-order chi connectivity index (χ1) is 18.6. The van der Waals surface area contributed by atoms with Gasteiger partial charge in [-0.05, 0) is 96.3 Å². The predicted octanol–water partition coefficient (Wildman–Crippen LogP) is 6.51. The normalized spacial score (nSPS) is 18.0. The zero-order valence-corrected chi connectivity index (χ0v) is 24.2. The van der Waals surface area contributed by atoms with Gasteiger partial charge in [0.15, 0.2) is 0 Å². The van der Waals surface area contributed by atoms with E-state index in [9.17, 15) is 18.3 Å². The Hall–Kier alpha value is -2.97. The van der Waals surface area contributed by atoms with Crippen molar-refractivity contribution in [3.05, 3.63) is 76.3 Å². The van der Waals surface area contributed by atoms with Crippen LogP contribution in [0.15, 0.2) is 53.4 Å². The van der Waals surface area contributed by atoms with Gasteiger partial charge in [0.25, 0.3) is 0 Å². The van der Waals surface area contributed by atoms with E-state index in [1.807, 2.05) is 24.3 Å². The molecular weight excluding hydrogens is 532 g/mol. The highest BCUT2D eigenvalue weighted by molar-refractivity contribution is 7.99. The van der Waals surface area contributed by atoms with Crippen molar-refractivity contribution in [3.63, 3.8) is 0 Å². The minimum absolute atomic E-state index is 0.0303. The third-order valence-corrected chi connectivity index (χ3v) is 9.75. The summed E-state index contributed by atoms with van der Waals surface area (Å²) in [5.41, 5.74) is 8.30. The SMILES string of the molecule is Cc1cc(OCCCS(C)(=O)=O)cc(C)c1-c1cccc2c1CC[C@@H]2Oc1ccc2c(c1)SCC2CC(=O)O. The molecule has 0 aromatic heterocycles. The number of hydrogen-bond acceptors (Lipinski definition) is 6. The van der Waals surface area contributed by atoms with Crippen LogP contribution in [0.5, 0.6) is 11.5 Å². The molecule has 1 aliphatic heterocycles. The lowest BCUT2D eigenvalue weighted by Gasteiger charge is -2.19. The second-order valence-corrected chi connectivity index (χ2v) is 13.9. The van der Waals surface area contributed by atoms with Crippen molar-refractivity contribution in [1.82, 2.24) is 0 Å². The maximum atomic E-state index is 11.4. The molecule has 39 heavy (non-hydrogen) atoms. The lowest BCUT2D eigenvalue weighted by molar-refractivity contribution is -0.137. The van der Waals surface area contributed by atoms with Crippen LogP contribution in [0.25, 0.3) is 11.1 Å². The molecule has 5 rings (SSSR count). The molecule has 2 aliphatic rings. The van der Waals surface area contributed by atoms with Gasteiger partial charge >= 0.3 is 5.97 Å². The quantitative estimate of drug-likeness (QED) is 0.280. The van der Waals surface area contributed by atoms with E-state index in [2.05, 4.69) is 38.1 Å². The first-order valence-corrected chi connectivity index (χ1v) is 16.3. The summed E-state index contributed by atoms with van der Waals surface area (Å²) in [4.78, 5) is 12.3. The van der Waals surface area contributed by atoms with Crippen LogP contribution >= 0.6 is 11.8 Å². The largest absolute Gasteiger partial charge is 0.494 e. The summed E-state index contributed by atoms with van der Waals surface area (Å²) >= 11 is 1.71. The molecule has 206 valence electrons. The number of aliphatic carboxylic acids is 1. The lowest BCUT2D eigenvalue weighted by Crippen LogP contribution is -2.08.